The number of aromatic nitrogens is 3. The highest BCUT2D eigenvalue weighted by molar-refractivity contribution is 6.08. The Hall–Kier alpha value is -3.93. The van der Waals surface area contributed by atoms with Crippen molar-refractivity contribution in [1.29, 1.82) is 0 Å². The molecule has 0 radical (unpaired) electrons. The molecule has 6 nitrogen and oxygen atoms in total. The minimum absolute atomic E-state index is 0.252. The third kappa shape index (κ3) is 3.33. The molecule has 0 unspecified atom stereocenters. The van der Waals surface area contributed by atoms with E-state index in [4.69, 9.17) is 4.42 Å². The highest BCUT2D eigenvalue weighted by Gasteiger charge is 2.13. The number of hydrogen-bond donors (Lipinski definition) is 0. The molecule has 0 aliphatic carbocycles. The molecule has 0 bridgehead atoms. The van der Waals surface area contributed by atoms with Crippen LogP contribution in [0.1, 0.15) is 11.5 Å². The number of hydrogen-bond acceptors (Lipinski definition) is 5. The Balaban J connectivity index is 1.41. The van der Waals surface area contributed by atoms with Gasteiger partial charge in [-0.15, -0.1) is 5.10 Å². The Morgan fingerprint density at radius 1 is 0.867 bits per heavy atom. The van der Waals surface area contributed by atoms with E-state index in [0.29, 0.717) is 12.4 Å². The van der Waals surface area contributed by atoms with Gasteiger partial charge in [0.15, 0.2) is 0 Å². The maximum atomic E-state index is 5.79. The lowest BCUT2D eigenvalue weighted by Gasteiger charge is -2.11. The number of benzene rings is 3. The van der Waals surface area contributed by atoms with Crippen LogP contribution in [0.4, 0.5) is 11.7 Å². The summed E-state index contributed by atoms with van der Waals surface area (Å²) in [7, 11) is 4.03. The molecule has 0 saturated heterocycles. The zero-order chi connectivity index (χ0) is 20.5. The molecule has 0 saturated carbocycles. The van der Waals surface area contributed by atoms with Crippen LogP contribution in [0.2, 0.25) is 0 Å². The SMILES string of the molecule is CN(C)c1ccc(C=Nc2nnc(Cn3c4ccccc4c4ccccc43)o2)cc1. The summed E-state index contributed by atoms with van der Waals surface area (Å²) < 4.78 is 7.99. The maximum absolute atomic E-state index is 5.79. The molecular formula is C24H21N5O. The van der Waals surface area contributed by atoms with E-state index >= 15 is 0 Å². The molecule has 0 spiro atoms. The van der Waals surface area contributed by atoms with Gasteiger partial charge in [-0.3, -0.25) is 0 Å². The van der Waals surface area contributed by atoms with Crippen LogP contribution in [0, 0.1) is 0 Å². The third-order valence-electron chi connectivity index (χ3n) is 5.16. The summed E-state index contributed by atoms with van der Waals surface area (Å²) in [6.45, 7) is 0.494. The van der Waals surface area contributed by atoms with Crippen molar-refractivity contribution >= 4 is 39.7 Å². The van der Waals surface area contributed by atoms with Gasteiger partial charge in [0.05, 0.1) is 0 Å². The summed E-state index contributed by atoms with van der Waals surface area (Å²) in [5, 5.41) is 10.7. The average Bonchev–Trinajstić information content (AvgIpc) is 3.36. The van der Waals surface area contributed by atoms with E-state index in [2.05, 4.69) is 61.1 Å². The second kappa shape index (κ2) is 7.48. The topological polar surface area (TPSA) is 59.5 Å². The van der Waals surface area contributed by atoms with Crippen LogP contribution in [-0.4, -0.2) is 35.1 Å². The molecule has 0 amide bonds. The van der Waals surface area contributed by atoms with Crippen LogP contribution in [0.15, 0.2) is 82.2 Å². The van der Waals surface area contributed by atoms with Crippen molar-refractivity contribution in [2.45, 2.75) is 6.54 Å². The standard InChI is InChI=1S/C24H21N5O/c1-28(2)18-13-11-17(12-14-18)15-25-24-27-26-23(30-24)16-29-21-9-5-3-7-19(21)20-8-4-6-10-22(20)29/h3-15H,16H2,1-2H3. The van der Waals surface area contributed by atoms with Crippen molar-refractivity contribution < 1.29 is 4.42 Å². The zero-order valence-electron chi connectivity index (χ0n) is 16.9. The minimum Gasteiger partial charge on any atom is -0.405 e. The molecule has 3 aromatic carbocycles. The van der Waals surface area contributed by atoms with Gasteiger partial charge in [0, 0.05) is 47.8 Å². The van der Waals surface area contributed by atoms with Crippen LogP contribution in [0.3, 0.4) is 0 Å². The molecule has 0 N–H and O–H groups in total. The van der Waals surface area contributed by atoms with Crippen LogP contribution >= 0.6 is 0 Å². The maximum Gasteiger partial charge on any atom is 0.342 e. The van der Waals surface area contributed by atoms with Crippen LogP contribution in [-0.2, 0) is 6.54 Å². The predicted molar refractivity (Wildman–Crippen MR) is 121 cm³/mol. The Bertz CT molecular complexity index is 1290. The lowest BCUT2D eigenvalue weighted by atomic mass is 10.2. The lowest BCUT2D eigenvalue weighted by molar-refractivity contribution is 0.492. The number of nitrogens with zero attached hydrogens (tertiary/aromatic N) is 5. The van der Waals surface area contributed by atoms with E-state index in [1.54, 1.807) is 6.21 Å². The van der Waals surface area contributed by atoms with Crippen molar-refractivity contribution in [3.05, 3.63) is 84.3 Å². The molecule has 30 heavy (non-hydrogen) atoms. The van der Waals surface area contributed by atoms with Crippen molar-refractivity contribution in [1.82, 2.24) is 14.8 Å². The van der Waals surface area contributed by atoms with E-state index in [1.807, 2.05) is 50.5 Å². The predicted octanol–water partition coefficient (Wildman–Crippen LogP) is 5.04. The smallest absolute Gasteiger partial charge is 0.342 e. The van der Waals surface area contributed by atoms with Gasteiger partial charge in [-0.25, -0.2) is 4.99 Å². The first-order chi connectivity index (χ1) is 14.7. The minimum atomic E-state index is 0.252. The first kappa shape index (κ1) is 18.1. The van der Waals surface area contributed by atoms with E-state index < -0.39 is 0 Å². The summed E-state index contributed by atoms with van der Waals surface area (Å²) in [6, 6.07) is 25.1. The van der Waals surface area contributed by atoms with Gasteiger partial charge >= 0.3 is 6.01 Å². The monoisotopic (exact) mass is 395 g/mol. The second-order valence-corrected chi connectivity index (χ2v) is 7.34. The number of para-hydroxylation sites is 2. The molecule has 148 valence electrons. The summed E-state index contributed by atoms with van der Waals surface area (Å²) in [5.74, 6) is 0.525. The Labute approximate surface area is 174 Å². The van der Waals surface area contributed by atoms with Crippen molar-refractivity contribution in [2.24, 2.45) is 4.99 Å². The van der Waals surface area contributed by atoms with Crippen molar-refractivity contribution in [3.8, 4) is 0 Å². The Morgan fingerprint density at radius 3 is 2.13 bits per heavy atom. The number of aliphatic imine (C=N–C) groups is 1. The molecule has 2 aromatic heterocycles. The van der Waals surface area contributed by atoms with Gasteiger partial charge in [0.2, 0.25) is 5.89 Å². The lowest BCUT2D eigenvalue weighted by Crippen LogP contribution is -2.08. The summed E-state index contributed by atoms with van der Waals surface area (Å²) in [4.78, 5) is 6.39. The highest BCUT2D eigenvalue weighted by Crippen LogP contribution is 2.29. The number of anilines is 1. The Morgan fingerprint density at radius 2 is 1.50 bits per heavy atom. The van der Waals surface area contributed by atoms with Crippen molar-refractivity contribution in [3.63, 3.8) is 0 Å². The quantitative estimate of drug-likeness (QED) is 0.391. The number of rotatable bonds is 5. The molecule has 2 heterocycles. The molecule has 0 aliphatic rings. The van der Waals surface area contributed by atoms with E-state index in [9.17, 15) is 0 Å². The van der Waals surface area contributed by atoms with Crippen molar-refractivity contribution in [2.75, 3.05) is 19.0 Å². The fourth-order valence-electron chi connectivity index (χ4n) is 3.66. The summed E-state index contributed by atoms with van der Waals surface area (Å²) in [5.41, 5.74) is 4.40. The first-order valence-corrected chi connectivity index (χ1v) is 9.79. The zero-order valence-corrected chi connectivity index (χ0v) is 16.9. The largest absolute Gasteiger partial charge is 0.405 e. The third-order valence-corrected chi connectivity index (χ3v) is 5.16. The molecule has 0 aliphatic heterocycles. The van der Waals surface area contributed by atoms with Gasteiger partial charge in [0.25, 0.3) is 0 Å². The molecule has 0 atom stereocenters. The fourth-order valence-corrected chi connectivity index (χ4v) is 3.66. The molecule has 5 aromatic rings. The first-order valence-electron chi connectivity index (χ1n) is 9.79. The van der Waals surface area contributed by atoms with Crippen LogP contribution in [0.5, 0.6) is 0 Å². The van der Waals surface area contributed by atoms with Gasteiger partial charge in [-0.2, -0.15) is 0 Å². The van der Waals surface area contributed by atoms with Gasteiger partial charge < -0.3 is 13.9 Å². The highest BCUT2D eigenvalue weighted by atomic mass is 16.4. The molecule has 0 fully saturated rings. The van der Waals surface area contributed by atoms with Gasteiger partial charge in [-0.1, -0.05) is 53.6 Å². The number of fused-ring (bicyclic) bond motifs is 3. The normalized spacial score (nSPS) is 11.7. The van der Waals surface area contributed by atoms with E-state index in [0.717, 1.165) is 22.3 Å². The molecule has 6 heteroatoms. The molecule has 5 rings (SSSR count). The Kier molecular flexibility index (Phi) is 4.52. The summed E-state index contributed by atoms with van der Waals surface area (Å²) in [6.07, 6.45) is 1.73. The van der Waals surface area contributed by atoms with E-state index in [1.165, 1.54) is 10.8 Å². The average molecular weight is 395 g/mol. The van der Waals surface area contributed by atoms with Crippen LogP contribution in [0.25, 0.3) is 21.8 Å². The van der Waals surface area contributed by atoms with Gasteiger partial charge in [0.1, 0.15) is 6.54 Å². The second-order valence-electron chi connectivity index (χ2n) is 7.34. The summed E-state index contributed by atoms with van der Waals surface area (Å²) >= 11 is 0. The van der Waals surface area contributed by atoms with E-state index in [-0.39, 0.29) is 6.01 Å². The molecular weight excluding hydrogens is 374 g/mol. The van der Waals surface area contributed by atoms with Crippen LogP contribution < -0.4 is 4.90 Å². The fraction of sp³-hybridized carbons (Fsp3) is 0.125. The van der Waals surface area contributed by atoms with Gasteiger partial charge in [-0.05, 0) is 29.8 Å².